The number of pyridine rings is 1. The minimum Gasteiger partial charge on any atom is -0.543 e. The number of carboxylic acid groups (broad SMARTS) is 1. The summed E-state index contributed by atoms with van der Waals surface area (Å²) in [6.45, 7) is -0.0158. The number of benzene rings is 1. The molecule has 0 spiro atoms. The molecular weight excluding hydrogens is 731 g/mol. The Balaban J connectivity index is 1.17. The van der Waals surface area contributed by atoms with Crippen molar-refractivity contribution in [3.8, 4) is 16.8 Å². The summed E-state index contributed by atoms with van der Waals surface area (Å²) >= 11 is 2.29. The number of carbonyl (C=O) groups is 4. The fraction of sp³-hybridized carbons (Fsp3) is 0.226. The van der Waals surface area contributed by atoms with Gasteiger partial charge in [0.05, 0.1) is 42.6 Å². The van der Waals surface area contributed by atoms with Crippen molar-refractivity contribution in [1.29, 1.82) is 0 Å². The number of halogens is 2. The second-order valence-electron chi connectivity index (χ2n) is 11.1. The monoisotopic (exact) mass is 756 g/mol. The van der Waals surface area contributed by atoms with E-state index in [1.165, 1.54) is 55.9 Å². The molecule has 5 heterocycles. The van der Waals surface area contributed by atoms with Crippen LogP contribution in [0.1, 0.15) is 11.5 Å². The number of fused-ring (bicyclic) bond motifs is 1. The van der Waals surface area contributed by atoms with E-state index in [4.69, 9.17) is 15.0 Å². The van der Waals surface area contributed by atoms with Crippen LogP contribution in [0.15, 0.2) is 73.9 Å². The lowest BCUT2D eigenvalue weighted by Gasteiger charge is -2.50. The van der Waals surface area contributed by atoms with Crippen LogP contribution in [0.25, 0.3) is 16.8 Å². The summed E-state index contributed by atoms with van der Waals surface area (Å²) in [4.78, 5) is 76.8. The molecule has 2 atom stereocenters. The first-order valence-corrected chi connectivity index (χ1v) is 16.9. The fourth-order valence-corrected chi connectivity index (χ4v) is 7.46. The highest BCUT2D eigenvalue weighted by atomic mass is 32.2. The van der Waals surface area contributed by atoms with E-state index in [2.05, 4.69) is 25.8 Å². The van der Waals surface area contributed by atoms with Crippen molar-refractivity contribution in [1.82, 2.24) is 25.2 Å². The summed E-state index contributed by atoms with van der Waals surface area (Å²) in [5, 5.41) is 19.5. The number of oxime groups is 1. The van der Waals surface area contributed by atoms with Gasteiger partial charge in [-0.3, -0.25) is 24.1 Å². The maximum Gasteiger partial charge on any atom is 0.423 e. The number of β-lactam (4-membered cyclic amide) rings is 1. The molecule has 2 aliphatic rings. The second-order valence-corrected chi connectivity index (χ2v) is 13.1. The Kier molecular flexibility index (Phi) is 10.2. The maximum atomic E-state index is 15.3. The Morgan fingerprint density at radius 2 is 1.90 bits per heavy atom. The van der Waals surface area contributed by atoms with Crippen molar-refractivity contribution in [2.24, 2.45) is 5.16 Å². The number of aromatic nitrogens is 3. The van der Waals surface area contributed by atoms with Crippen molar-refractivity contribution >= 4 is 57.6 Å². The maximum absolute atomic E-state index is 15.3. The summed E-state index contributed by atoms with van der Waals surface area (Å²) in [7, 11) is 2.46. The van der Waals surface area contributed by atoms with E-state index in [-0.39, 0.29) is 58.0 Å². The molecule has 6 rings (SSSR count). The van der Waals surface area contributed by atoms with Gasteiger partial charge < -0.3 is 30.2 Å². The van der Waals surface area contributed by atoms with E-state index in [1.807, 2.05) is 0 Å². The lowest BCUT2D eigenvalue weighted by atomic mass is 10.0. The minimum absolute atomic E-state index is 0.0158. The van der Waals surface area contributed by atoms with Gasteiger partial charge in [-0.15, -0.1) is 23.1 Å². The van der Waals surface area contributed by atoms with Crippen molar-refractivity contribution in [2.45, 2.75) is 24.4 Å². The van der Waals surface area contributed by atoms with Crippen LogP contribution in [0.5, 0.6) is 0 Å². The van der Waals surface area contributed by atoms with Crippen LogP contribution in [0, 0.1) is 11.6 Å². The van der Waals surface area contributed by atoms with E-state index < -0.39 is 58.1 Å². The van der Waals surface area contributed by atoms with Crippen LogP contribution in [0.4, 0.5) is 13.9 Å². The molecule has 0 bridgehead atoms. The smallest absolute Gasteiger partial charge is 0.423 e. The number of thioether (sulfide) groups is 1. The number of nitrogens with zero attached hydrogens (tertiary/aromatic N) is 5. The number of anilines is 1. The number of amides is 3. The van der Waals surface area contributed by atoms with Crippen LogP contribution < -0.4 is 32.0 Å². The Morgan fingerprint density at radius 1 is 1.19 bits per heavy atom. The second kappa shape index (κ2) is 14.7. The average Bonchev–Trinajstić information content (AvgIpc) is 3.70. The van der Waals surface area contributed by atoms with Crippen LogP contribution in [-0.4, -0.2) is 75.2 Å². The molecule has 4 N–H and O–H groups in total. The number of carbonyl (C=O) groups excluding carboxylic acids is 4. The predicted molar refractivity (Wildman–Crippen MR) is 176 cm³/mol. The molecular formula is C31H26F2N8O9S2. The van der Waals surface area contributed by atoms with Gasteiger partial charge in [0.25, 0.3) is 17.7 Å². The topological polar surface area (TPSA) is 227 Å². The number of nitrogens with two attached hydrogens (primary N) is 1. The molecule has 1 aromatic carbocycles. The van der Waals surface area contributed by atoms with E-state index in [9.17, 15) is 29.1 Å². The van der Waals surface area contributed by atoms with Crippen LogP contribution in [0.2, 0.25) is 0 Å². The molecule has 1 saturated heterocycles. The Labute approximate surface area is 299 Å². The third kappa shape index (κ3) is 7.00. The molecule has 3 amide bonds. The molecule has 0 radical (unpaired) electrons. The summed E-state index contributed by atoms with van der Waals surface area (Å²) in [6.07, 6.45) is 3.73. The lowest BCUT2D eigenvalue weighted by molar-refractivity contribution is -0.689. The zero-order chi connectivity index (χ0) is 37.3. The molecule has 270 valence electrons. The van der Waals surface area contributed by atoms with Gasteiger partial charge in [0.15, 0.2) is 29.8 Å². The molecule has 52 heavy (non-hydrogen) atoms. The number of carboxylic acids is 1. The largest absolute Gasteiger partial charge is 0.543 e. The summed E-state index contributed by atoms with van der Waals surface area (Å²) in [5.41, 5.74) is 7.17. The highest BCUT2D eigenvalue weighted by Crippen LogP contribution is 2.40. The average molecular weight is 757 g/mol. The highest BCUT2D eigenvalue weighted by molar-refractivity contribution is 8.00. The molecule has 0 aliphatic carbocycles. The number of rotatable bonds is 12. The van der Waals surface area contributed by atoms with Gasteiger partial charge in [-0.1, -0.05) is 5.16 Å². The van der Waals surface area contributed by atoms with Gasteiger partial charge >= 0.3 is 5.76 Å². The number of hydrogen-bond acceptors (Lipinski definition) is 14. The first-order chi connectivity index (χ1) is 24.9. The minimum atomic E-state index is -1.60. The number of hydroxylamine groups is 1. The Bertz CT molecular complexity index is 2190. The molecule has 21 heteroatoms. The Morgan fingerprint density at radius 3 is 2.52 bits per heavy atom. The number of nitrogen functional groups attached to an aromatic ring is 1. The van der Waals surface area contributed by atoms with Crippen molar-refractivity contribution in [2.75, 3.05) is 25.7 Å². The molecule has 17 nitrogen and oxygen atoms in total. The summed E-state index contributed by atoms with van der Waals surface area (Å²) < 4.78 is 38.0. The third-order valence-corrected chi connectivity index (χ3v) is 9.80. The zero-order valence-corrected chi connectivity index (χ0v) is 28.6. The summed E-state index contributed by atoms with van der Waals surface area (Å²) in [6, 6.07) is 3.60. The molecule has 0 unspecified atom stereocenters. The number of thiazole rings is 1. The SMILES string of the molecule is CO/N=C(\C(=O)N[C@@H]1C(=O)N2C(C(=O)[O-])=C(C[n+]3ccc(-c4c(F)cc(-n5cc(CC(=O)NOC)oc5=O)cc4F)cc3)CS[C@@H]12)c1csc(N)n1. The Hall–Kier alpha value is -5.93. The van der Waals surface area contributed by atoms with Gasteiger partial charge in [0.2, 0.25) is 0 Å². The van der Waals surface area contributed by atoms with E-state index in [1.54, 1.807) is 4.57 Å². The van der Waals surface area contributed by atoms with Gasteiger partial charge in [-0.05, 0) is 17.7 Å². The third-order valence-electron chi connectivity index (χ3n) is 7.79. The number of nitrogens with one attached hydrogen (secondary N) is 2. The van der Waals surface area contributed by atoms with Crippen molar-refractivity contribution < 1.29 is 51.7 Å². The number of hydrogen-bond donors (Lipinski definition) is 3. The molecule has 2 aliphatic heterocycles. The molecule has 1 fully saturated rings. The van der Waals surface area contributed by atoms with Crippen LogP contribution in [-0.2, 0) is 41.8 Å². The molecule has 4 aromatic rings. The zero-order valence-electron chi connectivity index (χ0n) is 27.0. The first-order valence-electron chi connectivity index (χ1n) is 14.9. The normalized spacial score (nSPS) is 17.0. The molecule has 0 saturated carbocycles. The van der Waals surface area contributed by atoms with Crippen LogP contribution in [0.3, 0.4) is 0 Å². The number of oxazole rings is 1. The van der Waals surface area contributed by atoms with Gasteiger partial charge in [-0.2, -0.15) is 0 Å². The highest BCUT2D eigenvalue weighted by Gasteiger charge is 2.53. The van der Waals surface area contributed by atoms with Crippen molar-refractivity contribution in [3.05, 3.63) is 93.1 Å². The van der Waals surface area contributed by atoms with E-state index in [0.717, 1.165) is 39.1 Å². The van der Waals surface area contributed by atoms with Gasteiger partial charge in [0.1, 0.15) is 41.6 Å². The van der Waals surface area contributed by atoms with Crippen LogP contribution >= 0.6 is 23.1 Å². The standard InChI is InChI=1S/C31H26F2N8O9S2/c1-48-37-21(42)9-17-11-40(31(47)50-17)16-7-18(32)22(19(33)8-16)14-3-5-39(6-4-14)10-15-12-51-28-24(27(44)41(28)25(15)29(45)46)36-26(43)23(38-49-2)20-13-52-30(34)35-20/h3-8,11,13,24,28H,9-10,12H2,1-2H3,(H4-,34,35,36,37,42,43,45,46)/b38-23-/t24-,28+/m1/s1. The van der Waals surface area contributed by atoms with Gasteiger partial charge in [0, 0.05) is 28.8 Å². The van der Waals surface area contributed by atoms with Crippen molar-refractivity contribution in [3.63, 3.8) is 0 Å². The lowest BCUT2D eigenvalue weighted by Crippen LogP contribution is -2.71. The van der Waals surface area contributed by atoms with E-state index in [0.29, 0.717) is 5.57 Å². The number of aliphatic carboxylic acids is 1. The summed E-state index contributed by atoms with van der Waals surface area (Å²) in [5.74, 6) is -6.53. The van der Waals surface area contributed by atoms with Gasteiger partial charge in [-0.25, -0.2) is 33.2 Å². The molecule has 3 aromatic heterocycles. The predicted octanol–water partition coefficient (Wildman–Crippen LogP) is -0.623. The fourth-order valence-electron chi connectivity index (χ4n) is 5.57. The quantitative estimate of drug-likeness (QED) is 0.0712. The first kappa shape index (κ1) is 35.9. The van der Waals surface area contributed by atoms with E-state index >= 15 is 8.78 Å².